The van der Waals surface area contributed by atoms with Crippen LogP contribution in [0.4, 0.5) is 0 Å². The molecular formula is C15H20N6. The van der Waals surface area contributed by atoms with Crippen molar-refractivity contribution in [2.24, 2.45) is 12.9 Å². The lowest BCUT2D eigenvalue weighted by atomic mass is 10.1. The van der Waals surface area contributed by atoms with Gasteiger partial charge < -0.3 is 4.57 Å². The van der Waals surface area contributed by atoms with Gasteiger partial charge in [0.25, 0.3) is 0 Å². The average molecular weight is 284 g/mol. The number of fused-ring (bicyclic) bond motifs is 1. The Balaban J connectivity index is 1.96. The largest absolute Gasteiger partial charge is 0.328 e. The molecule has 21 heavy (non-hydrogen) atoms. The van der Waals surface area contributed by atoms with E-state index in [4.69, 9.17) is 10.8 Å². The highest BCUT2D eigenvalue weighted by Crippen LogP contribution is 2.20. The topological polar surface area (TPSA) is 73.7 Å². The summed E-state index contributed by atoms with van der Waals surface area (Å²) in [6.45, 7) is 3.01. The van der Waals surface area contributed by atoms with Crippen molar-refractivity contribution in [1.29, 1.82) is 0 Å². The average Bonchev–Trinajstić information content (AvgIpc) is 3.07. The summed E-state index contributed by atoms with van der Waals surface area (Å²) in [6.07, 6.45) is 2.62. The van der Waals surface area contributed by atoms with Crippen LogP contribution in [0.1, 0.15) is 24.5 Å². The maximum atomic E-state index is 5.71. The number of benzene rings is 1. The molecule has 1 atom stereocenters. The van der Waals surface area contributed by atoms with Gasteiger partial charge in [-0.2, -0.15) is 5.10 Å². The third kappa shape index (κ3) is 2.55. The first-order chi connectivity index (χ1) is 10.2. The number of hydrogen-bond acceptors (Lipinski definition) is 4. The molecule has 0 aliphatic heterocycles. The number of para-hydroxylation sites is 2. The summed E-state index contributed by atoms with van der Waals surface area (Å²) < 4.78 is 4.01. The number of aryl methyl sites for hydroxylation is 2. The van der Waals surface area contributed by atoms with Gasteiger partial charge in [0.15, 0.2) is 0 Å². The molecule has 3 rings (SSSR count). The number of nitrogens with one attached hydrogen (secondary N) is 1. The van der Waals surface area contributed by atoms with Gasteiger partial charge >= 0.3 is 0 Å². The van der Waals surface area contributed by atoms with E-state index in [-0.39, 0.29) is 6.04 Å². The van der Waals surface area contributed by atoms with E-state index in [2.05, 4.69) is 28.1 Å². The van der Waals surface area contributed by atoms with Crippen molar-refractivity contribution in [3.63, 3.8) is 0 Å². The van der Waals surface area contributed by atoms with Crippen LogP contribution >= 0.6 is 0 Å². The molecule has 0 aliphatic rings. The lowest BCUT2D eigenvalue weighted by Crippen LogP contribution is -2.30. The molecule has 0 aliphatic carbocycles. The molecule has 0 saturated heterocycles. The molecule has 2 aromatic heterocycles. The Morgan fingerprint density at radius 2 is 2.10 bits per heavy atom. The second-order valence-corrected chi connectivity index (χ2v) is 5.10. The summed E-state index contributed by atoms with van der Waals surface area (Å²) in [5.74, 6) is 6.73. The molecular weight excluding hydrogens is 264 g/mol. The lowest BCUT2D eigenvalue weighted by Gasteiger charge is -2.14. The van der Waals surface area contributed by atoms with Crippen LogP contribution in [0.5, 0.6) is 0 Å². The Bertz CT molecular complexity index is 742. The van der Waals surface area contributed by atoms with Gasteiger partial charge in [-0.05, 0) is 25.1 Å². The van der Waals surface area contributed by atoms with Gasteiger partial charge in [-0.15, -0.1) is 0 Å². The number of rotatable bonds is 5. The van der Waals surface area contributed by atoms with Crippen LogP contribution in [0.25, 0.3) is 11.0 Å². The minimum atomic E-state index is -0.0479. The number of hydrazine groups is 1. The van der Waals surface area contributed by atoms with Crippen molar-refractivity contribution in [3.8, 4) is 0 Å². The van der Waals surface area contributed by atoms with Crippen LogP contribution in [0.2, 0.25) is 0 Å². The van der Waals surface area contributed by atoms with E-state index < -0.39 is 0 Å². The molecule has 0 radical (unpaired) electrons. The summed E-state index contributed by atoms with van der Waals surface area (Å²) in [5, 5.41) is 4.42. The van der Waals surface area contributed by atoms with E-state index in [9.17, 15) is 0 Å². The van der Waals surface area contributed by atoms with Crippen molar-refractivity contribution in [2.45, 2.75) is 25.9 Å². The van der Waals surface area contributed by atoms with Crippen molar-refractivity contribution in [3.05, 3.63) is 48.0 Å². The normalized spacial score (nSPS) is 12.9. The molecule has 2 heterocycles. The second kappa shape index (κ2) is 5.67. The van der Waals surface area contributed by atoms with Crippen LogP contribution in [0, 0.1) is 0 Å². The number of aromatic nitrogens is 4. The van der Waals surface area contributed by atoms with Crippen molar-refractivity contribution in [1.82, 2.24) is 24.8 Å². The molecule has 6 nitrogen and oxygen atoms in total. The van der Waals surface area contributed by atoms with Crippen molar-refractivity contribution in [2.75, 3.05) is 0 Å². The Kier molecular flexibility index (Phi) is 3.72. The summed E-state index contributed by atoms with van der Waals surface area (Å²) >= 11 is 0. The van der Waals surface area contributed by atoms with Crippen LogP contribution in [-0.2, 0) is 20.0 Å². The van der Waals surface area contributed by atoms with Gasteiger partial charge in [-0.1, -0.05) is 12.1 Å². The Hall–Kier alpha value is -2.18. The highest BCUT2D eigenvalue weighted by molar-refractivity contribution is 5.75. The molecule has 3 N–H and O–H groups in total. The van der Waals surface area contributed by atoms with Crippen LogP contribution in [-0.4, -0.2) is 19.3 Å². The van der Waals surface area contributed by atoms with E-state index in [1.54, 1.807) is 4.68 Å². The summed E-state index contributed by atoms with van der Waals surface area (Å²) in [7, 11) is 1.90. The molecule has 110 valence electrons. The summed E-state index contributed by atoms with van der Waals surface area (Å²) in [4.78, 5) is 4.74. The van der Waals surface area contributed by atoms with Gasteiger partial charge in [0.1, 0.15) is 5.82 Å². The lowest BCUT2D eigenvalue weighted by molar-refractivity contribution is 0.507. The van der Waals surface area contributed by atoms with E-state index >= 15 is 0 Å². The van der Waals surface area contributed by atoms with E-state index in [0.29, 0.717) is 6.42 Å². The zero-order valence-electron chi connectivity index (χ0n) is 12.3. The quantitative estimate of drug-likeness (QED) is 0.550. The molecule has 3 aromatic rings. The number of nitrogens with zero attached hydrogens (tertiary/aromatic N) is 4. The Morgan fingerprint density at radius 1 is 1.29 bits per heavy atom. The van der Waals surface area contributed by atoms with Crippen LogP contribution < -0.4 is 11.3 Å². The Labute approximate surface area is 123 Å². The molecule has 0 saturated carbocycles. The molecule has 6 heteroatoms. The van der Waals surface area contributed by atoms with Crippen LogP contribution in [0.3, 0.4) is 0 Å². The maximum Gasteiger partial charge on any atom is 0.111 e. The standard InChI is InChI=1S/C15H20N6/c1-3-21-14-7-5-4-6-12(14)17-15(21)10-13(18-16)11-8-9-20(2)19-11/h4-9,13,18H,3,10,16H2,1-2H3. The van der Waals surface area contributed by atoms with Crippen molar-refractivity contribution >= 4 is 11.0 Å². The van der Waals surface area contributed by atoms with Gasteiger partial charge in [0.05, 0.1) is 22.8 Å². The molecule has 0 bridgehead atoms. The van der Waals surface area contributed by atoms with Gasteiger partial charge in [-0.3, -0.25) is 16.0 Å². The molecule has 0 fully saturated rings. The fourth-order valence-corrected chi connectivity index (χ4v) is 2.68. The number of hydrogen-bond donors (Lipinski definition) is 2. The zero-order chi connectivity index (χ0) is 14.8. The predicted octanol–water partition coefficient (Wildman–Crippen LogP) is 1.54. The molecule has 0 spiro atoms. The Morgan fingerprint density at radius 3 is 2.76 bits per heavy atom. The molecule has 1 aromatic carbocycles. The third-order valence-electron chi connectivity index (χ3n) is 3.73. The van der Waals surface area contributed by atoms with Crippen molar-refractivity contribution < 1.29 is 0 Å². The van der Waals surface area contributed by atoms with Gasteiger partial charge in [0, 0.05) is 26.2 Å². The van der Waals surface area contributed by atoms with Gasteiger partial charge in [0.2, 0.25) is 0 Å². The molecule has 0 amide bonds. The fourth-order valence-electron chi connectivity index (χ4n) is 2.68. The highest BCUT2D eigenvalue weighted by atomic mass is 15.3. The monoisotopic (exact) mass is 284 g/mol. The smallest absolute Gasteiger partial charge is 0.111 e. The van der Waals surface area contributed by atoms with E-state index in [0.717, 1.165) is 29.1 Å². The minimum absolute atomic E-state index is 0.0479. The second-order valence-electron chi connectivity index (χ2n) is 5.10. The SMILES string of the molecule is CCn1c(CC(NN)c2ccn(C)n2)nc2ccccc21. The third-order valence-corrected chi connectivity index (χ3v) is 3.73. The van der Waals surface area contributed by atoms with E-state index in [1.165, 1.54) is 0 Å². The van der Waals surface area contributed by atoms with E-state index in [1.807, 2.05) is 37.5 Å². The summed E-state index contributed by atoms with van der Waals surface area (Å²) in [6, 6.07) is 10.1. The first kappa shape index (κ1) is 13.8. The summed E-state index contributed by atoms with van der Waals surface area (Å²) in [5.41, 5.74) is 5.95. The van der Waals surface area contributed by atoms with Gasteiger partial charge in [-0.25, -0.2) is 4.98 Å². The van der Waals surface area contributed by atoms with Crippen LogP contribution in [0.15, 0.2) is 36.5 Å². The fraction of sp³-hybridized carbons (Fsp3) is 0.333. The first-order valence-corrected chi connectivity index (χ1v) is 7.12. The predicted molar refractivity (Wildman–Crippen MR) is 82.4 cm³/mol. The number of nitrogens with two attached hydrogens (primary N) is 1. The first-order valence-electron chi connectivity index (χ1n) is 7.12. The number of imidazole rings is 1. The maximum absolute atomic E-state index is 5.71. The minimum Gasteiger partial charge on any atom is -0.328 e. The highest BCUT2D eigenvalue weighted by Gasteiger charge is 2.18. The molecule has 1 unspecified atom stereocenters. The zero-order valence-corrected chi connectivity index (χ0v) is 12.3.